The van der Waals surface area contributed by atoms with Gasteiger partial charge in [0.15, 0.2) is 0 Å². The summed E-state index contributed by atoms with van der Waals surface area (Å²) in [4.78, 5) is 24.2. The molecule has 0 spiro atoms. The van der Waals surface area contributed by atoms with Crippen LogP contribution in [0, 0.1) is 0 Å². The Morgan fingerprint density at radius 1 is 1.10 bits per heavy atom. The average Bonchev–Trinajstić information content (AvgIpc) is 2.51. The minimum Gasteiger partial charge on any atom is -0.319 e. The molecule has 0 aliphatic heterocycles. The molecule has 0 aliphatic rings. The number of aromatic nitrogens is 3. The van der Waals surface area contributed by atoms with E-state index in [2.05, 4.69) is 36.2 Å². The Labute approximate surface area is 123 Å². The van der Waals surface area contributed by atoms with Gasteiger partial charge in [-0.15, -0.1) is 0 Å². The number of halogens is 1. The first-order chi connectivity index (χ1) is 9.75. The highest BCUT2D eigenvalue weighted by Gasteiger charge is 2.11. The molecule has 2 heterocycles. The van der Waals surface area contributed by atoms with Gasteiger partial charge in [0, 0.05) is 28.4 Å². The smallest absolute Gasteiger partial charge is 0.275 e. The van der Waals surface area contributed by atoms with Crippen molar-refractivity contribution in [3.63, 3.8) is 0 Å². The second kappa shape index (κ2) is 5.34. The second-order valence-corrected chi connectivity index (χ2v) is 4.89. The van der Waals surface area contributed by atoms with Gasteiger partial charge >= 0.3 is 0 Å². The van der Waals surface area contributed by atoms with E-state index in [1.165, 1.54) is 18.6 Å². The molecule has 0 bridgehead atoms. The highest BCUT2D eigenvalue weighted by molar-refractivity contribution is 9.10. The van der Waals surface area contributed by atoms with Gasteiger partial charge in [-0.2, -0.15) is 0 Å². The number of benzene rings is 1. The molecule has 6 heteroatoms. The van der Waals surface area contributed by atoms with Crippen LogP contribution in [0.1, 0.15) is 10.5 Å². The second-order valence-electron chi connectivity index (χ2n) is 4.04. The largest absolute Gasteiger partial charge is 0.319 e. The third kappa shape index (κ3) is 2.37. The highest BCUT2D eigenvalue weighted by Crippen LogP contribution is 2.28. The predicted molar refractivity (Wildman–Crippen MR) is 79.4 cm³/mol. The lowest BCUT2D eigenvalue weighted by molar-refractivity contribution is 0.102. The number of carbonyl (C=O) groups is 1. The fourth-order valence-electron chi connectivity index (χ4n) is 1.84. The van der Waals surface area contributed by atoms with Gasteiger partial charge in [-0.1, -0.05) is 22.0 Å². The normalized spacial score (nSPS) is 10.4. The number of rotatable bonds is 2. The van der Waals surface area contributed by atoms with E-state index >= 15 is 0 Å². The van der Waals surface area contributed by atoms with Crippen LogP contribution in [-0.2, 0) is 0 Å². The van der Waals surface area contributed by atoms with Gasteiger partial charge in [0.1, 0.15) is 5.69 Å². The summed E-state index contributed by atoms with van der Waals surface area (Å²) in [6.45, 7) is 0. The molecule has 3 aromatic rings. The zero-order valence-electron chi connectivity index (χ0n) is 10.2. The Kier molecular flexibility index (Phi) is 3.39. The van der Waals surface area contributed by atoms with Crippen molar-refractivity contribution >= 4 is 38.4 Å². The highest BCUT2D eigenvalue weighted by atomic mass is 79.9. The monoisotopic (exact) mass is 328 g/mol. The predicted octanol–water partition coefficient (Wildman–Crippen LogP) is 3.04. The van der Waals surface area contributed by atoms with Crippen molar-refractivity contribution < 1.29 is 4.79 Å². The van der Waals surface area contributed by atoms with Gasteiger partial charge in [-0.05, 0) is 18.2 Å². The van der Waals surface area contributed by atoms with E-state index in [-0.39, 0.29) is 11.6 Å². The quantitative estimate of drug-likeness (QED) is 0.785. The van der Waals surface area contributed by atoms with E-state index in [4.69, 9.17) is 0 Å². The molecule has 20 heavy (non-hydrogen) atoms. The SMILES string of the molecule is O=C(Nc1ccc(Br)c2cccnc12)c1cnccn1. The zero-order chi connectivity index (χ0) is 13.9. The van der Waals surface area contributed by atoms with Gasteiger partial charge in [0.05, 0.1) is 17.4 Å². The molecule has 0 unspecified atom stereocenters. The molecular formula is C14H9BrN4O. The number of fused-ring (bicyclic) bond motifs is 1. The van der Waals surface area contributed by atoms with Crippen molar-refractivity contribution in [1.82, 2.24) is 15.0 Å². The summed E-state index contributed by atoms with van der Waals surface area (Å²) in [5, 5.41) is 3.74. The lowest BCUT2D eigenvalue weighted by Crippen LogP contribution is -2.14. The fraction of sp³-hybridized carbons (Fsp3) is 0. The summed E-state index contributed by atoms with van der Waals surface area (Å²) < 4.78 is 0.929. The molecule has 0 saturated heterocycles. The van der Waals surface area contributed by atoms with Crippen molar-refractivity contribution in [2.75, 3.05) is 5.32 Å². The number of hydrogen-bond donors (Lipinski definition) is 1. The van der Waals surface area contributed by atoms with Gasteiger partial charge in [0.2, 0.25) is 0 Å². The standard InChI is InChI=1S/C14H9BrN4O/c15-10-3-4-11(13-9(10)2-1-5-18-13)19-14(20)12-8-16-6-7-17-12/h1-8H,(H,19,20). The molecule has 0 fully saturated rings. The third-order valence-electron chi connectivity index (χ3n) is 2.76. The van der Waals surface area contributed by atoms with Crippen molar-refractivity contribution in [3.05, 3.63) is 59.2 Å². The number of anilines is 1. The zero-order valence-corrected chi connectivity index (χ0v) is 11.8. The molecule has 0 atom stereocenters. The van der Waals surface area contributed by atoms with Gasteiger partial charge in [-0.3, -0.25) is 14.8 Å². The van der Waals surface area contributed by atoms with Crippen LogP contribution in [0.3, 0.4) is 0 Å². The van der Waals surface area contributed by atoms with Crippen LogP contribution >= 0.6 is 15.9 Å². The topological polar surface area (TPSA) is 67.8 Å². The molecule has 5 nitrogen and oxygen atoms in total. The Bertz CT molecular complexity index is 776. The minimum atomic E-state index is -0.313. The molecule has 1 aromatic carbocycles. The summed E-state index contributed by atoms with van der Waals surface area (Å²) >= 11 is 3.47. The molecule has 1 amide bonds. The lowest BCUT2D eigenvalue weighted by Gasteiger charge is -2.08. The van der Waals surface area contributed by atoms with Crippen LogP contribution in [-0.4, -0.2) is 20.9 Å². The van der Waals surface area contributed by atoms with E-state index < -0.39 is 0 Å². The van der Waals surface area contributed by atoms with Crippen LogP contribution < -0.4 is 5.32 Å². The van der Waals surface area contributed by atoms with Crippen molar-refractivity contribution in [3.8, 4) is 0 Å². The number of hydrogen-bond acceptors (Lipinski definition) is 4. The molecule has 98 valence electrons. The summed E-state index contributed by atoms with van der Waals surface area (Å²) in [7, 11) is 0. The number of pyridine rings is 1. The maximum absolute atomic E-state index is 12.1. The van der Waals surface area contributed by atoms with E-state index in [0.29, 0.717) is 5.69 Å². The Morgan fingerprint density at radius 2 is 2.00 bits per heavy atom. The minimum absolute atomic E-state index is 0.263. The summed E-state index contributed by atoms with van der Waals surface area (Å²) in [6, 6.07) is 7.45. The van der Waals surface area contributed by atoms with E-state index in [9.17, 15) is 4.79 Å². The van der Waals surface area contributed by atoms with Crippen LogP contribution in [0.25, 0.3) is 10.9 Å². The molecular weight excluding hydrogens is 320 g/mol. The van der Waals surface area contributed by atoms with Crippen LogP contribution in [0.2, 0.25) is 0 Å². The van der Waals surface area contributed by atoms with Crippen LogP contribution in [0.5, 0.6) is 0 Å². The molecule has 3 rings (SSSR count). The van der Waals surface area contributed by atoms with Crippen LogP contribution in [0.15, 0.2) is 53.5 Å². The number of nitrogens with zero attached hydrogens (tertiary/aromatic N) is 3. The number of nitrogens with one attached hydrogen (secondary N) is 1. The third-order valence-corrected chi connectivity index (χ3v) is 3.45. The summed E-state index contributed by atoms with van der Waals surface area (Å²) in [6.07, 6.45) is 6.11. The van der Waals surface area contributed by atoms with Crippen molar-refractivity contribution in [1.29, 1.82) is 0 Å². The Hall–Kier alpha value is -2.34. The van der Waals surface area contributed by atoms with Crippen molar-refractivity contribution in [2.24, 2.45) is 0 Å². The molecule has 2 aromatic heterocycles. The number of carbonyl (C=O) groups excluding carboxylic acids is 1. The molecule has 0 radical (unpaired) electrons. The fourth-order valence-corrected chi connectivity index (χ4v) is 2.29. The van der Waals surface area contributed by atoms with Crippen molar-refractivity contribution in [2.45, 2.75) is 0 Å². The molecule has 1 N–H and O–H groups in total. The Balaban J connectivity index is 2.00. The Morgan fingerprint density at radius 3 is 2.80 bits per heavy atom. The van der Waals surface area contributed by atoms with E-state index in [1.807, 2.05) is 18.2 Å². The maximum atomic E-state index is 12.1. The first kappa shape index (κ1) is 12.7. The molecule has 0 saturated carbocycles. The lowest BCUT2D eigenvalue weighted by atomic mass is 10.2. The maximum Gasteiger partial charge on any atom is 0.275 e. The van der Waals surface area contributed by atoms with Crippen LogP contribution in [0.4, 0.5) is 5.69 Å². The summed E-state index contributed by atoms with van der Waals surface area (Å²) in [5.74, 6) is -0.313. The molecule has 0 aliphatic carbocycles. The first-order valence-electron chi connectivity index (χ1n) is 5.86. The summed E-state index contributed by atoms with van der Waals surface area (Å²) in [5.41, 5.74) is 1.62. The number of amides is 1. The van der Waals surface area contributed by atoms with Gasteiger partial charge in [0.25, 0.3) is 5.91 Å². The average molecular weight is 329 g/mol. The van der Waals surface area contributed by atoms with Gasteiger partial charge < -0.3 is 5.32 Å². The van der Waals surface area contributed by atoms with E-state index in [0.717, 1.165) is 15.4 Å². The van der Waals surface area contributed by atoms with Gasteiger partial charge in [-0.25, -0.2) is 4.98 Å². The first-order valence-corrected chi connectivity index (χ1v) is 6.65. The van der Waals surface area contributed by atoms with E-state index in [1.54, 1.807) is 12.3 Å².